The van der Waals surface area contributed by atoms with Crippen molar-refractivity contribution in [2.24, 2.45) is 0 Å². The van der Waals surface area contributed by atoms with Crippen LogP contribution in [0.4, 0.5) is 21.6 Å². The molecule has 0 bridgehead atoms. The molecule has 3 N–H and O–H groups in total. The summed E-state index contributed by atoms with van der Waals surface area (Å²) in [6.45, 7) is 2.47. The lowest BCUT2D eigenvalue weighted by Gasteiger charge is -2.22. The Hall–Kier alpha value is -3.83. The number of benzene rings is 1. The van der Waals surface area contributed by atoms with E-state index in [0.717, 1.165) is 51.0 Å². The minimum atomic E-state index is -0.547. The van der Waals surface area contributed by atoms with Crippen LogP contribution < -0.4 is 16.2 Å². The Kier molecular flexibility index (Phi) is 6.09. The molecule has 4 heterocycles. The number of halogens is 1. The maximum Gasteiger partial charge on any atom is 0.287 e. The summed E-state index contributed by atoms with van der Waals surface area (Å²) in [4.78, 5) is 29.4. The number of likely N-dealkylation sites (N-methyl/N-ethyl adjacent to an activating group) is 1. The van der Waals surface area contributed by atoms with Crippen molar-refractivity contribution in [3.63, 3.8) is 0 Å². The van der Waals surface area contributed by atoms with Gasteiger partial charge in [0.05, 0.1) is 28.5 Å². The third-order valence-corrected chi connectivity index (χ3v) is 8.02. The van der Waals surface area contributed by atoms with E-state index < -0.39 is 11.4 Å². The van der Waals surface area contributed by atoms with Crippen LogP contribution >= 0.6 is 11.3 Å². The zero-order valence-electron chi connectivity index (χ0n) is 20.3. The van der Waals surface area contributed by atoms with Crippen molar-refractivity contribution in [1.82, 2.24) is 24.9 Å². The van der Waals surface area contributed by atoms with E-state index in [1.54, 1.807) is 12.1 Å². The highest BCUT2D eigenvalue weighted by atomic mass is 32.1. The smallest absolute Gasteiger partial charge is 0.287 e. The average molecular weight is 520 g/mol. The van der Waals surface area contributed by atoms with Gasteiger partial charge in [-0.1, -0.05) is 0 Å². The van der Waals surface area contributed by atoms with Crippen molar-refractivity contribution in [2.45, 2.75) is 38.8 Å². The number of H-pyrrole nitrogens is 1. The fraction of sp³-hybridized carbons (Fsp3) is 0.308. The summed E-state index contributed by atoms with van der Waals surface area (Å²) in [6.07, 6.45) is 4.24. The molecule has 0 saturated heterocycles. The van der Waals surface area contributed by atoms with Gasteiger partial charge in [-0.3, -0.25) is 19.2 Å². The van der Waals surface area contributed by atoms with Crippen LogP contribution in [0.2, 0.25) is 0 Å². The first-order chi connectivity index (χ1) is 17.9. The number of amides is 1. The van der Waals surface area contributed by atoms with Crippen LogP contribution in [-0.2, 0) is 25.9 Å². The fourth-order valence-corrected chi connectivity index (χ4v) is 5.96. The number of carbonyl (C=O) groups excluding carboxylic acids is 1. The van der Waals surface area contributed by atoms with E-state index in [-0.39, 0.29) is 17.3 Å². The first kappa shape index (κ1) is 23.6. The number of rotatable bonds is 5. The van der Waals surface area contributed by atoms with Crippen LogP contribution in [0.5, 0.6) is 0 Å². The second-order valence-electron chi connectivity index (χ2n) is 9.52. The Morgan fingerprint density at radius 1 is 1.11 bits per heavy atom. The van der Waals surface area contributed by atoms with Gasteiger partial charge in [0.25, 0.3) is 11.5 Å². The van der Waals surface area contributed by atoms with E-state index in [9.17, 15) is 14.0 Å². The van der Waals surface area contributed by atoms with Gasteiger partial charge >= 0.3 is 0 Å². The maximum atomic E-state index is 14.6. The van der Waals surface area contributed by atoms with Crippen LogP contribution in [0.1, 0.15) is 38.6 Å². The molecule has 1 aromatic carbocycles. The minimum Gasteiger partial charge on any atom is -0.334 e. The third kappa shape index (κ3) is 4.79. The number of hydrogen-bond donors (Lipinski definition) is 3. The van der Waals surface area contributed by atoms with Crippen molar-refractivity contribution in [2.75, 3.05) is 24.2 Å². The van der Waals surface area contributed by atoms with Crippen LogP contribution in [-0.4, -0.2) is 44.4 Å². The standard InChI is InChI=1S/C26H26FN7O2S/c1-33-8-9-34-17(14-33)12-24(32-34)28-21-13-19(30-31-25(21)35)15-6-7-18(27)20(10-15)29-26(36)23-11-16-4-2-3-5-22(16)37-23/h6-7,10-13H,2-5,8-9,14H2,1H3,(H,29,36)(H,31,35)(H,28,30,32). The molecule has 0 saturated carbocycles. The van der Waals surface area contributed by atoms with Gasteiger partial charge in [0, 0.05) is 29.6 Å². The van der Waals surface area contributed by atoms with Crippen LogP contribution in [0.3, 0.4) is 0 Å². The Morgan fingerprint density at radius 2 is 1.97 bits per heavy atom. The van der Waals surface area contributed by atoms with Gasteiger partial charge in [-0.25, -0.2) is 9.49 Å². The number of thiophene rings is 1. The summed E-state index contributed by atoms with van der Waals surface area (Å²) < 4.78 is 16.6. The van der Waals surface area contributed by atoms with Crippen molar-refractivity contribution >= 4 is 34.4 Å². The fourth-order valence-electron chi connectivity index (χ4n) is 4.81. The molecule has 0 spiro atoms. The molecule has 37 heavy (non-hydrogen) atoms. The van der Waals surface area contributed by atoms with E-state index >= 15 is 0 Å². The largest absolute Gasteiger partial charge is 0.334 e. The Labute approximate surface area is 216 Å². The van der Waals surface area contributed by atoms with Crippen LogP contribution in [0, 0.1) is 5.82 Å². The van der Waals surface area contributed by atoms with Crippen molar-refractivity contribution in [3.8, 4) is 11.3 Å². The first-order valence-corrected chi connectivity index (χ1v) is 13.1. The number of aromatic amines is 1. The molecule has 0 atom stereocenters. The molecule has 11 heteroatoms. The van der Waals surface area contributed by atoms with E-state index in [2.05, 4.69) is 37.9 Å². The molecule has 0 fully saturated rings. The molecule has 190 valence electrons. The molecular formula is C26H26FN7O2S. The Morgan fingerprint density at radius 3 is 2.84 bits per heavy atom. The van der Waals surface area contributed by atoms with Gasteiger partial charge in [0.15, 0.2) is 5.82 Å². The summed E-state index contributed by atoms with van der Waals surface area (Å²) in [5.74, 6) is -0.310. The SMILES string of the molecule is CN1CCn2nc(Nc3cc(-c4ccc(F)c(NC(=O)c5cc6c(s5)CCCC6)c4)n[nH]c3=O)cc2C1. The maximum absolute atomic E-state index is 14.6. The Bertz CT molecular complexity index is 1530. The number of aryl methyl sites for hydroxylation is 2. The molecular weight excluding hydrogens is 493 g/mol. The van der Waals surface area contributed by atoms with Gasteiger partial charge in [-0.15, -0.1) is 11.3 Å². The van der Waals surface area contributed by atoms with E-state index in [4.69, 9.17) is 0 Å². The zero-order valence-corrected chi connectivity index (χ0v) is 21.1. The predicted molar refractivity (Wildman–Crippen MR) is 141 cm³/mol. The van der Waals surface area contributed by atoms with Crippen LogP contribution in [0.25, 0.3) is 11.3 Å². The normalized spacial score (nSPS) is 15.2. The molecule has 1 aliphatic heterocycles. The summed E-state index contributed by atoms with van der Waals surface area (Å²) in [7, 11) is 2.05. The highest BCUT2D eigenvalue weighted by molar-refractivity contribution is 7.14. The van der Waals surface area contributed by atoms with Gasteiger partial charge in [0.1, 0.15) is 11.5 Å². The minimum absolute atomic E-state index is 0.0577. The van der Waals surface area contributed by atoms with Crippen molar-refractivity contribution in [3.05, 3.63) is 73.6 Å². The first-order valence-electron chi connectivity index (χ1n) is 12.3. The number of aromatic nitrogens is 4. The molecule has 1 amide bonds. The van der Waals surface area contributed by atoms with E-state index in [1.165, 1.54) is 33.9 Å². The second kappa shape index (κ2) is 9.56. The molecule has 6 rings (SSSR count). The summed E-state index contributed by atoms with van der Waals surface area (Å²) in [6, 6.07) is 9.80. The topological polar surface area (TPSA) is 108 Å². The van der Waals surface area contributed by atoms with E-state index in [1.807, 2.05) is 16.8 Å². The molecule has 9 nitrogen and oxygen atoms in total. The molecule has 2 aliphatic rings. The molecule has 4 aromatic rings. The van der Waals surface area contributed by atoms with E-state index in [0.29, 0.717) is 22.0 Å². The number of fused-ring (bicyclic) bond motifs is 2. The number of carbonyl (C=O) groups is 1. The molecule has 0 radical (unpaired) electrons. The van der Waals surface area contributed by atoms with Gasteiger partial charge in [0.2, 0.25) is 0 Å². The lowest BCUT2D eigenvalue weighted by atomic mass is 9.99. The third-order valence-electron chi connectivity index (χ3n) is 6.79. The van der Waals surface area contributed by atoms with Crippen molar-refractivity contribution in [1.29, 1.82) is 0 Å². The number of nitrogens with one attached hydrogen (secondary N) is 3. The number of hydrogen-bond acceptors (Lipinski definition) is 7. The lowest BCUT2D eigenvalue weighted by molar-refractivity contribution is 0.103. The quantitative estimate of drug-likeness (QED) is 0.366. The predicted octanol–water partition coefficient (Wildman–Crippen LogP) is 4.15. The molecule has 0 unspecified atom stereocenters. The number of nitrogens with zero attached hydrogens (tertiary/aromatic N) is 4. The average Bonchev–Trinajstić information content (AvgIpc) is 3.50. The zero-order chi connectivity index (χ0) is 25.5. The number of anilines is 3. The highest BCUT2D eigenvalue weighted by Gasteiger charge is 2.19. The second-order valence-corrected chi connectivity index (χ2v) is 10.7. The molecule has 1 aliphatic carbocycles. The highest BCUT2D eigenvalue weighted by Crippen LogP contribution is 2.31. The van der Waals surface area contributed by atoms with Gasteiger partial charge in [-0.05, 0) is 68.6 Å². The van der Waals surface area contributed by atoms with Crippen molar-refractivity contribution < 1.29 is 9.18 Å². The summed E-state index contributed by atoms with van der Waals surface area (Å²) >= 11 is 1.48. The van der Waals surface area contributed by atoms with Gasteiger partial charge < -0.3 is 10.6 Å². The van der Waals surface area contributed by atoms with Gasteiger partial charge in [-0.2, -0.15) is 10.2 Å². The molecule has 3 aromatic heterocycles. The monoisotopic (exact) mass is 519 g/mol. The summed E-state index contributed by atoms with van der Waals surface area (Å²) in [5.41, 5.74) is 3.19. The van der Waals surface area contributed by atoms with Crippen LogP contribution in [0.15, 0.2) is 41.2 Å². The summed E-state index contributed by atoms with van der Waals surface area (Å²) in [5, 5.41) is 17.0. The lowest BCUT2D eigenvalue weighted by Crippen LogP contribution is -2.30. The Balaban J connectivity index is 1.24.